The van der Waals surface area contributed by atoms with Crippen molar-refractivity contribution in [1.29, 1.82) is 5.26 Å². The van der Waals surface area contributed by atoms with Gasteiger partial charge in [0, 0.05) is 19.3 Å². The van der Waals surface area contributed by atoms with Gasteiger partial charge in [-0.3, -0.25) is 9.20 Å². The molecule has 1 unspecified atom stereocenters. The maximum atomic E-state index is 14.2. The zero-order valence-corrected chi connectivity index (χ0v) is 13.8. The van der Waals surface area contributed by atoms with Crippen molar-refractivity contribution >= 4 is 22.9 Å². The first-order valence-corrected chi connectivity index (χ1v) is 8.19. The first-order valence-electron chi connectivity index (χ1n) is 8.19. The van der Waals surface area contributed by atoms with Crippen LogP contribution in [0.25, 0.3) is 5.65 Å². The molecule has 1 aromatic carbocycles. The summed E-state index contributed by atoms with van der Waals surface area (Å²) in [4.78, 5) is 14.4. The van der Waals surface area contributed by atoms with Gasteiger partial charge in [0.2, 0.25) is 5.91 Å². The summed E-state index contributed by atoms with van der Waals surface area (Å²) in [6.07, 6.45) is 3.95. The van der Waals surface area contributed by atoms with E-state index in [1.165, 1.54) is 6.07 Å². The van der Waals surface area contributed by atoms with E-state index in [1.54, 1.807) is 41.2 Å². The fourth-order valence-electron chi connectivity index (χ4n) is 3.17. The molecule has 0 aliphatic carbocycles. The van der Waals surface area contributed by atoms with Crippen LogP contribution in [0.3, 0.4) is 0 Å². The highest BCUT2D eigenvalue weighted by Gasteiger charge is 2.29. The second-order valence-electron chi connectivity index (χ2n) is 6.21. The molecule has 0 radical (unpaired) electrons. The zero-order chi connectivity index (χ0) is 18.1. The molecule has 1 amide bonds. The van der Waals surface area contributed by atoms with Gasteiger partial charge in [0.25, 0.3) is 0 Å². The number of benzene rings is 1. The number of hydrogen-bond donors (Lipinski definition) is 1. The molecule has 1 saturated heterocycles. The average Bonchev–Trinajstić information content (AvgIpc) is 3.30. The van der Waals surface area contributed by atoms with Crippen LogP contribution in [0.5, 0.6) is 0 Å². The van der Waals surface area contributed by atoms with E-state index in [0.29, 0.717) is 36.5 Å². The molecule has 0 spiro atoms. The number of halogens is 1. The van der Waals surface area contributed by atoms with E-state index in [2.05, 4.69) is 15.5 Å². The molecule has 8 heteroatoms. The monoisotopic (exact) mass is 350 g/mol. The highest BCUT2D eigenvalue weighted by atomic mass is 19.1. The summed E-state index contributed by atoms with van der Waals surface area (Å²) in [5.74, 6) is -0.779. The first-order chi connectivity index (χ1) is 12.6. The van der Waals surface area contributed by atoms with Crippen LogP contribution in [0.2, 0.25) is 0 Å². The van der Waals surface area contributed by atoms with E-state index in [0.717, 1.165) is 0 Å². The number of carbonyl (C=O) groups is 1. The average molecular weight is 350 g/mol. The van der Waals surface area contributed by atoms with Crippen molar-refractivity contribution in [3.8, 4) is 6.07 Å². The highest BCUT2D eigenvalue weighted by molar-refractivity contribution is 5.93. The molecule has 4 rings (SSSR count). The number of hydrogen-bond acceptors (Lipinski definition) is 5. The van der Waals surface area contributed by atoms with Crippen LogP contribution >= 0.6 is 0 Å². The maximum Gasteiger partial charge on any atom is 0.229 e. The molecular formula is C18H15FN6O. The van der Waals surface area contributed by atoms with E-state index >= 15 is 0 Å². The van der Waals surface area contributed by atoms with Crippen LogP contribution in [0.15, 0.2) is 42.9 Å². The fraction of sp³-hybridized carbons (Fsp3) is 0.222. The van der Waals surface area contributed by atoms with Gasteiger partial charge in [-0.15, -0.1) is 10.2 Å². The Hall–Kier alpha value is -3.47. The van der Waals surface area contributed by atoms with Crippen molar-refractivity contribution in [1.82, 2.24) is 14.6 Å². The number of rotatable bonds is 3. The zero-order valence-electron chi connectivity index (χ0n) is 13.8. The Kier molecular flexibility index (Phi) is 3.97. The lowest BCUT2D eigenvalue weighted by Gasteiger charge is -2.19. The summed E-state index contributed by atoms with van der Waals surface area (Å²) in [5, 5.41) is 19.4. The molecule has 0 bridgehead atoms. The minimum atomic E-state index is -0.442. The minimum absolute atomic E-state index is 0.103. The second kappa shape index (κ2) is 6.44. The molecular weight excluding hydrogens is 335 g/mol. The SMILES string of the molecule is N#Cc1ccc(N2CCC(C(=O)Nc3ccc4nncn4c3)C2)c(F)c1. The van der Waals surface area contributed by atoms with Crippen LogP contribution in [-0.2, 0) is 4.79 Å². The Morgan fingerprint density at radius 2 is 2.23 bits per heavy atom. The van der Waals surface area contributed by atoms with Gasteiger partial charge in [0.1, 0.15) is 12.1 Å². The number of nitrogens with zero attached hydrogens (tertiary/aromatic N) is 5. The number of carbonyl (C=O) groups excluding carboxylic acids is 1. The van der Waals surface area contributed by atoms with Crippen molar-refractivity contribution < 1.29 is 9.18 Å². The van der Waals surface area contributed by atoms with Crippen LogP contribution in [0.4, 0.5) is 15.8 Å². The number of nitriles is 1. The number of amides is 1. The molecule has 1 aliphatic heterocycles. The summed E-state index contributed by atoms with van der Waals surface area (Å²) < 4.78 is 15.9. The fourth-order valence-corrected chi connectivity index (χ4v) is 3.17. The number of anilines is 2. The molecule has 3 heterocycles. The van der Waals surface area contributed by atoms with Crippen molar-refractivity contribution in [2.75, 3.05) is 23.3 Å². The Morgan fingerprint density at radius 1 is 1.35 bits per heavy atom. The van der Waals surface area contributed by atoms with Crippen LogP contribution in [0.1, 0.15) is 12.0 Å². The first kappa shape index (κ1) is 16.0. The van der Waals surface area contributed by atoms with Gasteiger partial charge < -0.3 is 10.2 Å². The lowest BCUT2D eigenvalue weighted by Crippen LogP contribution is -2.27. The molecule has 7 nitrogen and oxygen atoms in total. The molecule has 1 aliphatic rings. The Balaban J connectivity index is 1.44. The van der Waals surface area contributed by atoms with Crippen molar-refractivity contribution in [3.63, 3.8) is 0 Å². The summed E-state index contributed by atoms with van der Waals surface area (Å²) in [6, 6.07) is 9.86. The lowest BCUT2D eigenvalue weighted by molar-refractivity contribution is -0.119. The number of fused-ring (bicyclic) bond motifs is 1. The third kappa shape index (κ3) is 2.95. The molecule has 130 valence electrons. The van der Waals surface area contributed by atoms with Crippen LogP contribution in [-0.4, -0.2) is 33.6 Å². The van der Waals surface area contributed by atoms with Crippen LogP contribution < -0.4 is 10.2 Å². The third-order valence-corrected chi connectivity index (χ3v) is 4.53. The normalized spacial score (nSPS) is 16.6. The van der Waals surface area contributed by atoms with Crippen LogP contribution in [0, 0.1) is 23.1 Å². The van der Waals surface area contributed by atoms with Gasteiger partial charge in [0.15, 0.2) is 5.65 Å². The quantitative estimate of drug-likeness (QED) is 0.783. The summed E-state index contributed by atoms with van der Waals surface area (Å²) in [7, 11) is 0. The summed E-state index contributed by atoms with van der Waals surface area (Å²) >= 11 is 0. The molecule has 26 heavy (non-hydrogen) atoms. The van der Waals surface area contributed by atoms with Crippen molar-refractivity contribution in [2.45, 2.75) is 6.42 Å². The Labute approximate surface area is 148 Å². The van der Waals surface area contributed by atoms with Gasteiger partial charge in [-0.05, 0) is 36.8 Å². The van der Waals surface area contributed by atoms with E-state index < -0.39 is 5.82 Å². The van der Waals surface area contributed by atoms with Gasteiger partial charge in [-0.25, -0.2) is 4.39 Å². The molecule has 1 atom stereocenters. The van der Waals surface area contributed by atoms with Crippen molar-refractivity contribution in [3.05, 3.63) is 54.2 Å². The molecule has 3 aromatic rings. The topological polar surface area (TPSA) is 86.3 Å². The number of aromatic nitrogens is 3. The second-order valence-corrected chi connectivity index (χ2v) is 6.21. The maximum absolute atomic E-state index is 14.2. The number of pyridine rings is 1. The van der Waals surface area contributed by atoms with Gasteiger partial charge in [0.05, 0.1) is 28.9 Å². The van der Waals surface area contributed by atoms with Gasteiger partial charge >= 0.3 is 0 Å². The smallest absolute Gasteiger partial charge is 0.229 e. The minimum Gasteiger partial charge on any atom is -0.368 e. The largest absolute Gasteiger partial charge is 0.368 e. The molecule has 1 fully saturated rings. The van der Waals surface area contributed by atoms with Gasteiger partial charge in [-0.1, -0.05) is 0 Å². The Morgan fingerprint density at radius 3 is 3.04 bits per heavy atom. The predicted octanol–water partition coefficient (Wildman–Crippen LogP) is 2.21. The summed E-state index contributed by atoms with van der Waals surface area (Å²) in [5.41, 5.74) is 2.06. The van der Waals surface area contributed by atoms with Gasteiger partial charge in [-0.2, -0.15) is 5.26 Å². The lowest BCUT2D eigenvalue weighted by atomic mass is 10.1. The Bertz CT molecular complexity index is 1020. The highest BCUT2D eigenvalue weighted by Crippen LogP contribution is 2.27. The summed E-state index contributed by atoms with van der Waals surface area (Å²) in [6.45, 7) is 1.02. The van der Waals surface area contributed by atoms with E-state index in [1.807, 2.05) is 11.0 Å². The molecule has 2 aromatic heterocycles. The number of nitrogens with one attached hydrogen (secondary N) is 1. The molecule has 0 saturated carbocycles. The van der Waals surface area contributed by atoms with E-state index in [4.69, 9.17) is 5.26 Å². The third-order valence-electron chi connectivity index (χ3n) is 4.53. The predicted molar refractivity (Wildman–Crippen MR) is 93.1 cm³/mol. The van der Waals surface area contributed by atoms with Crippen molar-refractivity contribution in [2.24, 2.45) is 5.92 Å². The molecule has 1 N–H and O–H groups in total. The standard InChI is InChI=1S/C18H15FN6O/c19-15-7-12(8-20)1-3-16(15)24-6-5-13(9-24)18(26)22-14-2-4-17-23-21-11-25(17)10-14/h1-4,7,10-11,13H,5-6,9H2,(H,22,26). The van der Waals surface area contributed by atoms with E-state index in [-0.39, 0.29) is 17.4 Å². The van der Waals surface area contributed by atoms with E-state index in [9.17, 15) is 9.18 Å².